The molecular formula is C16H24N2. The molecule has 2 nitrogen and oxygen atoms in total. The van der Waals surface area contributed by atoms with Crippen LogP contribution in [0.5, 0.6) is 0 Å². The van der Waals surface area contributed by atoms with Crippen LogP contribution in [0.2, 0.25) is 0 Å². The van der Waals surface area contributed by atoms with Gasteiger partial charge in [0.1, 0.15) is 0 Å². The molecule has 18 heavy (non-hydrogen) atoms. The standard InChI is InChI=1S/C16H24N2/c1-15(2,3)12-7-9-18-10-8-17-11-13(18)14(12)16(4,5)6/h7-9,11H,10H2,1-6H3. The van der Waals surface area contributed by atoms with Crippen molar-refractivity contribution in [2.75, 3.05) is 6.54 Å². The van der Waals surface area contributed by atoms with Crippen LogP contribution in [-0.4, -0.2) is 17.7 Å². The maximum absolute atomic E-state index is 4.34. The third-order valence-electron chi connectivity index (χ3n) is 3.39. The molecule has 0 N–H and O–H groups in total. The van der Waals surface area contributed by atoms with Crippen LogP contribution >= 0.6 is 0 Å². The second-order valence-electron chi connectivity index (χ2n) is 7.10. The van der Waals surface area contributed by atoms with Crippen LogP contribution in [0.3, 0.4) is 0 Å². The zero-order valence-electron chi connectivity index (χ0n) is 12.4. The van der Waals surface area contributed by atoms with Gasteiger partial charge in [-0.05, 0) is 28.1 Å². The summed E-state index contributed by atoms with van der Waals surface area (Å²) < 4.78 is 0. The van der Waals surface area contributed by atoms with Crippen molar-refractivity contribution >= 4 is 6.21 Å². The largest absolute Gasteiger partial charge is 0.341 e. The number of rotatable bonds is 0. The molecule has 0 saturated heterocycles. The van der Waals surface area contributed by atoms with Gasteiger partial charge in [-0.25, -0.2) is 0 Å². The van der Waals surface area contributed by atoms with E-state index < -0.39 is 0 Å². The van der Waals surface area contributed by atoms with Gasteiger partial charge in [0.2, 0.25) is 0 Å². The molecule has 0 spiro atoms. The van der Waals surface area contributed by atoms with Gasteiger partial charge >= 0.3 is 0 Å². The summed E-state index contributed by atoms with van der Waals surface area (Å²) in [5.41, 5.74) is 4.40. The van der Waals surface area contributed by atoms with Gasteiger partial charge in [0.25, 0.3) is 0 Å². The van der Waals surface area contributed by atoms with E-state index in [0.717, 1.165) is 6.54 Å². The predicted molar refractivity (Wildman–Crippen MR) is 78.4 cm³/mol. The second kappa shape index (κ2) is 4.11. The molecule has 2 aliphatic heterocycles. The van der Waals surface area contributed by atoms with Gasteiger partial charge in [0, 0.05) is 12.4 Å². The highest BCUT2D eigenvalue weighted by molar-refractivity contribution is 5.65. The topological polar surface area (TPSA) is 15.6 Å². The lowest BCUT2D eigenvalue weighted by atomic mass is 9.72. The summed E-state index contributed by atoms with van der Waals surface area (Å²) in [4.78, 5) is 6.63. The molecule has 98 valence electrons. The fraction of sp³-hybridized carbons (Fsp3) is 0.562. The molecule has 0 aromatic carbocycles. The van der Waals surface area contributed by atoms with Gasteiger partial charge in [0.15, 0.2) is 0 Å². The maximum Gasteiger partial charge on any atom is 0.0636 e. The van der Waals surface area contributed by atoms with Crippen LogP contribution in [0.1, 0.15) is 41.5 Å². The molecule has 2 aliphatic rings. The summed E-state index contributed by atoms with van der Waals surface area (Å²) in [7, 11) is 0. The van der Waals surface area contributed by atoms with Crippen molar-refractivity contribution in [1.82, 2.24) is 4.90 Å². The Balaban J connectivity index is 2.64. The van der Waals surface area contributed by atoms with Gasteiger partial charge in [0.05, 0.1) is 18.4 Å². The van der Waals surface area contributed by atoms with Gasteiger partial charge in [-0.2, -0.15) is 0 Å². The van der Waals surface area contributed by atoms with Crippen LogP contribution < -0.4 is 0 Å². The van der Waals surface area contributed by atoms with E-state index in [9.17, 15) is 0 Å². The minimum atomic E-state index is 0.129. The number of nitrogens with zero attached hydrogens (tertiary/aromatic N) is 2. The van der Waals surface area contributed by atoms with Crippen molar-refractivity contribution in [3.05, 3.63) is 35.3 Å². The Labute approximate surface area is 111 Å². The molecular weight excluding hydrogens is 220 g/mol. The van der Waals surface area contributed by atoms with Gasteiger partial charge in [-0.15, -0.1) is 0 Å². The lowest BCUT2D eigenvalue weighted by molar-refractivity contribution is 0.410. The van der Waals surface area contributed by atoms with Crippen molar-refractivity contribution in [2.45, 2.75) is 41.5 Å². The summed E-state index contributed by atoms with van der Waals surface area (Å²) in [6.45, 7) is 14.6. The Morgan fingerprint density at radius 3 is 2.28 bits per heavy atom. The Kier molecular flexibility index (Phi) is 3.00. The average Bonchev–Trinajstić information content (AvgIpc) is 2.24. The minimum Gasteiger partial charge on any atom is -0.341 e. The van der Waals surface area contributed by atoms with Gasteiger partial charge in [-0.3, -0.25) is 4.99 Å². The molecule has 0 amide bonds. The zero-order valence-corrected chi connectivity index (χ0v) is 12.4. The van der Waals surface area contributed by atoms with E-state index in [1.807, 2.05) is 12.4 Å². The van der Waals surface area contributed by atoms with Crippen LogP contribution in [0.25, 0.3) is 0 Å². The summed E-state index contributed by atoms with van der Waals surface area (Å²) >= 11 is 0. The molecule has 0 aromatic heterocycles. The fourth-order valence-corrected chi connectivity index (χ4v) is 2.58. The summed E-state index contributed by atoms with van der Waals surface area (Å²) in [5, 5.41) is 0. The summed E-state index contributed by atoms with van der Waals surface area (Å²) in [6, 6.07) is 0. The molecule has 2 heteroatoms. The van der Waals surface area contributed by atoms with Crippen LogP contribution in [0.4, 0.5) is 0 Å². The average molecular weight is 244 g/mol. The molecule has 0 saturated carbocycles. The highest BCUT2D eigenvalue weighted by Crippen LogP contribution is 2.44. The molecule has 0 bridgehead atoms. The molecule has 0 fully saturated rings. The first kappa shape index (κ1) is 13.1. The first-order valence-corrected chi connectivity index (χ1v) is 6.63. The number of fused-ring (bicyclic) bond motifs is 1. The van der Waals surface area contributed by atoms with Crippen LogP contribution in [0, 0.1) is 10.8 Å². The van der Waals surface area contributed by atoms with Crippen LogP contribution in [-0.2, 0) is 0 Å². The van der Waals surface area contributed by atoms with E-state index in [0.29, 0.717) is 0 Å². The van der Waals surface area contributed by atoms with E-state index in [1.54, 1.807) is 0 Å². The summed E-state index contributed by atoms with van der Waals surface area (Å²) in [5.74, 6) is 0. The van der Waals surface area contributed by atoms with Crippen molar-refractivity contribution in [3.8, 4) is 0 Å². The van der Waals surface area contributed by atoms with E-state index in [4.69, 9.17) is 0 Å². The molecule has 0 unspecified atom stereocenters. The van der Waals surface area contributed by atoms with Crippen molar-refractivity contribution in [2.24, 2.45) is 15.8 Å². The predicted octanol–water partition coefficient (Wildman–Crippen LogP) is 4.13. The number of hydrogen-bond donors (Lipinski definition) is 0. The van der Waals surface area contributed by atoms with E-state index in [1.165, 1.54) is 16.8 Å². The lowest BCUT2D eigenvalue weighted by Gasteiger charge is -2.40. The lowest BCUT2D eigenvalue weighted by Crippen LogP contribution is -2.32. The molecule has 2 heterocycles. The van der Waals surface area contributed by atoms with E-state index in [2.05, 4.69) is 63.7 Å². The van der Waals surface area contributed by atoms with Crippen molar-refractivity contribution in [3.63, 3.8) is 0 Å². The van der Waals surface area contributed by atoms with E-state index >= 15 is 0 Å². The second-order valence-corrected chi connectivity index (χ2v) is 7.10. The van der Waals surface area contributed by atoms with Gasteiger partial charge in [-0.1, -0.05) is 41.5 Å². The Morgan fingerprint density at radius 1 is 1.06 bits per heavy atom. The van der Waals surface area contributed by atoms with Gasteiger partial charge < -0.3 is 4.90 Å². The molecule has 2 rings (SSSR count). The molecule has 0 aromatic rings. The number of allylic oxidation sites excluding steroid dienone is 3. The highest BCUT2D eigenvalue weighted by atomic mass is 15.1. The number of hydrogen-bond acceptors (Lipinski definition) is 2. The molecule has 0 radical (unpaired) electrons. The quantitative estimate of drug-likeness (QED) is 0.625. The first-order valence-electron chi connectivity index (χ1n) is 6.63. The third kappa shape index (κ3) is 2.29. The Hall–Kier alpha value is -1.31. The fourth-order valence-electron chi connectivity index (χ4n) is 2.58. The zero-order chi connectivity index (χ0) is 13.6. The minimum absolute atomic E-state index is 0.129. The normalized spacial score (nSPS) is 20.1. The number of aliphatic imine (C=N–C) groups is 1. The molecule has 0 atom stereocenters. The SMILES string of the molecule is CC(C)(C)C1=C(C(C)(C)C)C2=CN=CCN2C=C1. The van der Waals surface area contributed by atoms with Crippen molar-refractivity contribution in [1.29, 1.82) is 0 Å². The van der Waals surface area contributed by atoms with Crippen molar-refractivity contribution < 1.29 is 0 Å². The smallest absolute Gasteiger partial charge is 0.0636 e. The maximum atomic E-state index is 4.34. The monoisotopic (exact) mass is 244 g/mol. The van der Waals surface area contributed by atoms with Crippen LogP contribution in [0.15, 0.2) is 40.3 Å². The Morgan fingerprint density at radius 2 is 1.72 bits per heavy atom. The van der Waals surface area contributed by atoms with E-state index in [-0.39, 0.29) is 10.8 Å². The first-order chi connectivity index (χ1) is 8.21. The highest BCUT2D eigenvalue weighted by Gasteiger charge is 2.33. The molecule has 0 aliphatic carbocycles. The Bertz CT molecular complexity index is 462. The summed E-state index contributed by atoms with van der Waals surface area (Å²) in [6.07, 6.45) is 8.42. The third-order valence-corrected chi connectivity index (χ3v) is 3.39.